The van der Waals surface area contributed by atoms with E-state index < -0.39 is 31.9 Å². The molecule has 0 bridgehead atoms. The van der Waals surface area contributed by atoms with E-state index in [1.165, 1.54) is 19.1 Å². The summed E-state index contributed by atoms with van der Waals surface area (Å²) in [5.41, 5.74) is 1.39. The second kappa shape index (κ2) is 9.65. The van der Waals surface area contributed by atoms with E-state index in [9.17, 15) is 19.1 Å². The number of hydrogen-bond acceptors (Lipinski definition) is 5. The lowest BCUT2D eigenvalue weighted by atomic mass is 9.94. The summed E-state index contributed by atoms with van der Waals surface area (Å²) >= 11 is 6.34. The molecule has 8 nitrogen and oxygen atoms in total. The number of carbonyl (C=O) groups is 1. The van der Waals surface area contributed by atoms with Crippen molar-refractivity contribution in [1.82, 2.24) is 0 Å². The van der Waals surface area contributed by atoms with Crippen molar-refractivity contribution in [3.8, 4) is 11.5 Å². The minimum atomic E-state index is -4.58. The first-order valence-corrected chi connectivity index (χ1v) is 12.5. The second-order valence-corrected chi connectivity index (χ2v) is 11.3. The van der Waals surface area contributed by atoms with Crippen LogP contribution in [0.5, 0.6) is 11.5 Å². The van der Waals surface area contributed by atoms with Crippen molar-refractivity contribution in [2.24, 2.45) is 5.41 Å². The van der Waals surface area contributed by atoms with Crippen molar-refractivity contribution >= 4 is 30.8 Å². The molecule has 0 spiro atoms. The van der Waals surface area contributed by atoms with Crippen LogP contribution in [-0.4, -0.2) is 48.7 Å². The summed E-state index contributed by atoms with van der Waals surface area (Å²) in [6.45, 7) is 6.23. The van der Waals surface area contributed by atoms with Gasteiger partial charge in [0, 0.05) is 28.4 Å². The number of para-hydroxylation sites is 1. The number of benzene rings is 2. The molecular formula is C23H29ClNO7P. The van der Waals surface area contributed by atoms with Crippen molar-refractivity contribution in [2.45, 2.75) is 33.0 Å². The van der Waals surface area contributed by atoms with Gasteiger partial charge in [-0.15, -0.1) is 0 Å². The number of nitrogens with zero attached hydrogens (tertiary/aromatic N) is 1. The molecule has 0 aliphatic carbocycles. The molecule has 0 saturated heterocycles. The van der Waals surface area contributed by atoms with Gasteiger partial charge in [0.05, 0.1) is 20.4 Å². The predicted molar refractivity (Wildman–Crippen MR) is 126 cm³/mol. The number of methoxy groups -OCH3 is 2. The zero-order chi connectivity index (χ0) is 24.6. The minimum absolute atomic E-state index is 0.299. The molecule has 0 radical (unpaired) electrons. The number of rotatable bonds is 6. The Kier molecular flexibility index (Phi) is 7.46. The highest BCUT2D eigenvalue weighted by atomic mass is 35.5. The van der Waals surface area contributed by atoms with Crippen molar-refractivity contribution in [2.75, 3.05) is 31.8 Å². The Bertz CT molecular complexity index is 1080. The molecule has 1 aliphatic heterocycles. The SMILES string of the molecule is COc1cccc([C@H]2O[C@H](CP(=O)(O)O)C(=O)N(CC(C)(C)C)c3ccc(Cl)cc32)c1OC. The van der Waals surface area contributed by atoms with Crippen molar-refractivity contribution in [3.05, 3.63) is 52.5 Å². The Labute approximate surface area is 198 Å². The first kappa shape index (κ1) is 25.5. The van der Waals surface area contributed by atoms with Crippen LogP contribution in [-0.2, 0) is 14.1 Å². The van der Waals surface area contributed by atoms with Gasteiger partial charge in [-0.1, -0.05) is 44.5 Å². The minimum Gasteiger partial charge on any atom is -0.493 e. The molecular weight excluding hydrogens is 469 g/mol. The first-order chi connectivity index (χ1) is 15.3. The van der Waals surface area contributed by atoms with E-state index >= 15 is 0 Å². The largest absolute Gasteiger partial charge is 0.493 e. The summed E-state index contributed by atoms with van der Waals surface area (Å²) in [5.74, 6) is 0.319. The average Bonchev–Trinajstić information content (AvgIpc) is 2.81. The molecule has 0 fully saturated rings. The maximum absolute atomic E-state index is 13.6. The Morgan fingerprint density at radius 2 is 1.82 bits per heavy atom. The summed E-state index contributed by atoms with van der Waals surface area (Å²) < 4.78 is 29.1. The third-order valence-electron chi connectivity index (χ3n) is 5.16. The van der Waals surface area contributed by atoms with Crippen LogP contribution < -0.4 is 14.4 Å². The van der Waals surface area contributed by atoms with Gasteiger partial charge in [0.1, 0.15) is 12.2 Å². The molecule has 0 aromatic heterocycles. The lowest BCUT2D eigenvalue weighted by Crippen LogP contribution is -2.44. The molecule has 2 atom stereocenters. The number of carbonyl (C=O) groups excluding carboxylic acids is 1. The van der Waals surface area contributed by atoms with Gasteiger partial charge in [-0.3, -0.25) is 9.36 Å². The van der Waals surface area contributed by atoms with Gasteiger partial charge in [0.15, 0.2) is 11.5 Å². The number of fused-ring (bicyclic) bond motifs is 1. The molecule has 2 aromatic carbocycles. The van der Waals surface area contributed by atoms with Crippen molar-refractivity contribution < 1.29 is 33.4 Å². The van der Waals surface area contributed by atoms with E-state index in [-0.39, 0.29) is 5.41 Å². The molecule has 1 aliphatic rings. The van der Waals surface area contributed by atoms with Gasteiger partial charge in [-0.2, -0.15) is 0 Å². The summed E-state index contributed by atoms with van der Waals surface area (Å²) in [6.07, 6.45) is -3.04. The fraction of sp³-hybridized carbons (Fsp3) is 0.435. The molecule has 0 saturated carbocycles. The van der Waals surface area contributed by atoms with Crippen LogP contribution in [0.1, 0.15) is 38.0 Å². The monoisotopic (exact) mass is 497 g/mol. The van der Waals surface area contributed by atoms with E-state index in [1.807, 2.05) is 20.8 Å². The van der Waals surface area contributed by atoms with E-state index in [0.717, 1.165) is 0 Å². The molecule has 2 aromatic rings. The van der Waals surface area contributed by atoms with E-state index in [4.69, 9.17) is 25.8 Å². The van der Waals surface area contributed by atoms with Crippen LogP contribution in [0.25, 0.3) is 0 Å². The van der Waals surface area contributed by atoms with Crippen LogP contribution in [0, 0.1) is 5.41 Å². The van der Waals surface area contributed by atoms with Crippen molar-refractivity contribution in [3.63, 3.8) is 0 Å². The first-order valence-electron chi connectivity index (χ1n) is 10.4. The zero-order valence-corrected chi connectivity index (χ0v) is 20.9. The number of ether oxygens (including phenoxy) is 3. The summed E-state index contributed by atoms with van der Waals surface area (Å²) in [5, 5.41) is 0.431. The topological polar surface area (TPSA) is 106 Å². The molecule has 33 heavy (non-hydrogen) atoms. The standard InChI is InChI=1S/C23H29ClNO7P/c1-23(2,3)13-25-17-10-9-14(24)11-16(17)20(32-19(22(25)26)12-33(27,28)29)15-7-6-8-18(30-4)21(15)31-5/h6-11,19-20H,12-13H2,1-5H3,(H2,27,28,29)/t19-,20-/m1/s1. The molecule has 2 N–H and O–H groups in total. The fourth-order valence-electron chi connectivity index (χ4n) is 3.90. The molecule has 180 valence electrons. The summed E-state index contributed by atoms with van der Waals surface area (Å²) in [4.78, 5) is 34.5. The van der Waals surface area contributed by atoms with Gasteiger partial charge < -0.3 is 28.9 Å². The molecule has 10 heteroatoms. The summed E-state index contributed by atoms with van der Waals surface area (Å²) in [7, 11) is -1.59. The van der Waals surface area contributed by atoms with Crippen LogP contribution in [0.3, 0.4) is 0 Å². The Morgan fingerprint density at radius 3 is 2.39 bits per heavy atom. The average molecular weight is 498 g/mol. The maximum atomic E-state index is 13.6. The quantitative estimate of drug-likeness (QED) is 0.570. The van der Waals surface area contributed by atoms with Gasteiger partial charge >= 0.3 is 7.60 Å². The van der Waals surface area contributed by atoms with Crippen LogP contribution in [0.4, 0.5) is 5.69 Å². The van der Waals surface area contributed by atoms with Crippen molar-refractivity contribution in [1.29, 1.82) is 0 Å². The highest BCUT2D eigenvalue weighted by molar-refractivity contribution is 7.51. The Balaban J connectivity index is 2.28. The van der Waals surface area contributed by atoms with Gasteiger partial charge in [0.25, 0.3) is 5.91 Å². The normalized spacial score (nSPS) is 19.2. The lowest BCUT2D eigenvalue weighted by molar-refractivity contribution is -0.130. The Hall–Kier alpha value is -2.09. The molecule has 3 rings (SSSR count). The lowest BCUT2D eigenvalue weighted by Gasteiger charge is -2.31. The highest BCUT2D eigenvalue weighted by Gasteiger charge is 2.41. The molecule has 0 unspecified atom stereocenters. The molecule has 1 amide bonds. The van der Waals surface area contributed by atoms with Gasteiger partial charge in [0.2, 0.25) is 0 Å². The zero-order valence-electron chi connectivity index (χ0n) is 19.2. The summed E-state index contributed by atoms with van der Waals surface area (Å²) in [6, 6.07) is 10.3. The third kappa shape index (κ3) is 5.89. The highest BCUT2D eigenvalue weighted by Crippen LogP contribution is 2.47. The third-order valence-corrected chi connectivity index (χ3v) is 6.20. The van der Waals surface area contributed by atoms with Crippen LogP contribution >= 0.6 is 19.2 Å². The smallest absolute Gasteiger partial charge is 0.328 e. The van der Waals surface area contributed by atoms with Gasteiger partial charge in [-0.05, 0) is 29.7 Å². The Morgan fingerprint density at radius 1 is 1.12 bits per heavy atom. The van der Waals surface area contributed by atoms with E-state index in [2.05, 4.69) is 0 Å². The van der Waals surface area contributed by atoms with E-state index in [1.54, 1.807) is 36.4 Å². The fourth-order valence-corrected chi connectivity index (χ4v) is 4.76. The maximum Gasteiger partial charge on any atom is 0.328 e. The van der Waals surface area contributed by atoms with E-state index in [0.29, 0.717) is 39.9 Å². The number of halogens is 1. The van der Waals surface area contributed by atoms with Crippen LogP contribution in [0.2, 0.25) is 5.02 Å². The number of hydrogen-bond donors (Lipinski definition) is 2. The van der Waals surface area contributed by atoms with Crippen LogP contribution in [0.15, 0.2) is 36.4 Å². The second-order valence-electron chi connectivity index (χ2n) is 9.12. The van der Waals surface area contributed by atoms with Gasteiger partial charge in [-0.25, -0.2) is 0 Å². The predicted octanol–water partition coefficient (Wildman–Crippen LogP) is 4.40. The number of anilines is 1. The molecule has 1 heterocycles. The number of amides is 1.